The van der Waals surface area contributed by atoms with E-state index in [0.29, 0.717) is 15.4 Å². The van der Waals surface area contributed by atoms with Crippen molar-refractivity contribution in [3.05, 3.63) is 45.4 Å². The zero-order chi connectivity index (χ0) is 11.7. The average Bonchev–Trinajstić information content (AvgIpc) is 2.58. The fourth-order valence-corrected chi connectivity index (χ4v) is 1.98. The second kappa shape index (κ2) is 4.12. The minimum Gasteiger partial charge on any atom is -0.335 e. The van der Waals surface area contributed by atoms with Gasteiger partial charge in [0.1, 0.15) is 0 Å². The third kappa shape index (κ3) is 1.87. The van der Waals surface area contributed by atoms with Crippen LogP contribution in [0.5, 0.6) is 0 Å². The molecule has 0 fully saturated rings. The van der Waals surface area contributed by atoms with Crippen molar-refractivity contribution >= 4 is 23.8 Å². The van der Waals surface area contributed by atoms with Crippen molar-refractivity contribution in [2.24, 2.45) is 0 Å². The van der Waals surface area contributed by atoms with Crippen molar-refractivity contribution in [3.8, 4) is 11.8 Å². The van der Waals surface area contributed by atoms with E-state index >= 15 is 0 Å². The molecule has 0 aliphatic carbocycles. The van der Waals surface area contributed by atoms with Gasteiger partial charge >= 0.3 is 0 Å². The lowest BCUT2D eigenvalue weighted by atomic mass is 10.2. The second-order valence-corrected chi connectivity index (χ2v) is 4.18. The molecule has 1 aromatic heterocycles. The predicted octanol–water partition coefficient (Wildman–Crippen LogP) is 3.37. The smallest absolute Gasteiger partial charge is 0.182 e. The highest BCUT2D eigenvalue weighted by molar-refractivity contribution is 7.71. The molecule has 3 nitrogen and oxygen atoms in total. The third-order valence-electron chi connectivity index (χ3n) is 2.18. The molecule has 80 valence electrons. The van der Waals surface area contributed by atoms with E-state index in [4.69, 9.17) is 29.1 Å². The Hall–Kier alpha value is -1.57. The molecule has 0 radical (unpaired) electrons. The maximum Gasteiger partial charge on any atom is 0.182 e. The van der Waals surface area contributed by atoms with Gasteiger partial charge in [-0.1, -0.05) is 11.6 Å². The Kier molecular flexibility index (Phi) is 2.82. The van der Waals surface area contributed by atoms with E-state index in [1.165, 1.54) is 0 Å². The summed E-state index contributed by atoms with van der Waals surface area (Å²) >= 11 is 11.2. The lowest BCUT2D eigenvalue weighted by Crippen LogP contribution is -1.94. The summed E-state index contributed by atoms with van der Waals surface area (Å²) in [5.41, 5.74) is 2.22. The Labute approximate surface area is 103 Å². The number of halogens is 1. The predicted molar refractivity (Wildman–Crippen MR) is 65.4 cm³/mol. The van der Waals surface area contributed by atoms with Crippen LogP contribution in [-0.2, 0) is 0 Å². The molecule has 1 aromatic carbocycles. The third-order valence-corrected chi connectivity index (χ3v) is 2.80. The zero-order valence-corrected chi connectivity index (χ0v) is 10.1. The fraction of sp³-hybridized carbons (Fsp3) is 0.0909. The van der Waals surface area contributed by atoms with Crippen LogP contribution >= 0.6 is 23.8 Å². The van der Waals surface area contributed by atoms with Crippen LogP contribution in [0.25, 0.3) is 5.69 Å². The quantitative estimate of drug-likeness (QED) is 0.788. The zero-order valence-electron chi connectivity index (χ0n) is 8.49. The van der Waals surface area contributed by atoms with Crippen molar-refractivity contribution in [1.29, 1.82) is 5.26 Å². The van der Waals surface area contributed by atoms with E-state index in [-0.39, 0.29) is 0 Å². The first-order valence-electron chi connectivity index (χ1n) is 4.60. The van der Waals surface area contributed by atoms with Crippen molar-refractivity contribution in [3.63, 3.8) is 0 Å². The highest BCUT2D eigenvalue weighted by Crippen LogP contribution is 2.22. The minimum atomic E-state index is 0.556. The topological polar surface area (TPSA) is 44.5 Å². The number of rotatable bonds is 1. The van der Waals surface area contributed by atoms with Crippen LogP contribution < -0.4 is 0 Å². The number of H-pyrrole nitrogens is 1. The molecule has 0 amide bonds. The van der Waals surface area contributed by atoms with Gasteiger partial charge in [0.15, 0.2) is 4.77 Å². The lowest BCUT2D eigenvalue weighted by molar-refractivity contribution is 1.03. The number of benzene rings is 1. The van der Waals surface area contributed by atoms with Gasteiger partial charge in [-0.25, -0.2) is 0 Å². The number of hydrogen-bond donors (Lipinski definition) is 1. The van der Waals surface area contributed by atoms with Gasteiger partial charge in [0, 0.05) is 11.9 Å². The second-order valence-electron chi connectivity index (χ2n) is 3.39. The first-order chi connectivity index (χ1) is 7.61. The Bertz CT molecular complexity index is 633. The van der Waals surface area contributed by atoms with Gasteiger partial charge in [0.2, 0.25) is 0 Å². The first-order valence-corrected chi connectivity index (χ1v) is 5.39. The number of imidazole rings is 1. The van der Waals surface area contributed by atoms with E-state index in [0.717, 1.165) is 11.4 Å². The van der Waals surface area contributed by atoms with Crippen LogP contribution in [0.1, 0.15) is 11.3 Å². The van der Waals surface area contributed by atoms with E-state index in [1.54, 1.807) is 22.8 Å². The Balaban J connectivity index is 2.69. The van der Waals surface area contributed by atoms with E-state index < -0.39 is 0 Å². The molecule has 16 heavy (non-hydrogen) atoms. The molecule has 0 aliphatic rings. The molecule has 0 saturated heterocycles. The molecule has 2 rings (SSSR count). The number of nitrogens with zero attached hydrogens (tertiary/aromatic N) is 2. The van der Waals surface area contributed by atoms with Gasteiger partial charge in [0.25, 0.3) is 0 Å². The summed E-state index contributed by atoms with van der Waals surface area (Å²) in [4.78, 5) is 3.01. The highest BCUT2D eigenvalue weighted by Gasteiger charge is 2.06. The summed E-state index contributed by atoms with van der Waals surface area (Å²) in [7, 11) is 0. The van der Waals surface area contributed by atoms with Gasteiger partial charge in [0.05, 0.1) is 22.3 Å². The molecule has 0 atom stereocenters. The van der Waals surface area contributed by atoms with Gasteiger partial charge in [-0.05, 0) is 37.3 Å². The van der Waals surface area contributed by atoms with Crippen LogP contribution in [0, 0.1) is 23.0 Å². The van der Waals surface area contributed by atoms with Crippen molar-refractivity contribution < 1.29 is 0 Å². The molecule has 1 N–H and O–H groups in total. The molecule has 0 spiro atoms. The Morgan fingerprint density at radius 1 is 1.50 bits per heavy atom. The lowest BCUT2D eigenvalue weighted by Gasteiger charge is -2.05. The summed E-state index contributed by atoms with van der Waals surface area (Å²) in [6.45, 7) is 1.91. The van der Waals surface area contributed by atoms with E-state index in [2.05, 4.69) is 11.1 Å². The van der Waals surface area contributed by atoms with Gasteiger partial charge in [-0.15, -0.1) is 0 Å². The largest absolute Gasteiger partial charge is 0.335 e. The molecule has 0 bridgehead atoms. The summed E-state index contributed by atoms with van der Waals surface area (Å²) in [5, 5.41) is 9.40. The molecular weight excluding hydrogens is 242 g/mol. The summed E-state index contributed by atoms with van der Waals surface area (Å²) in [5.74, 6) is 0. The minimum absolute atomic E-state index is 0.556. The van der Waals surface area contributed by atoms with Gasteiger partial charge in [-0.3, -0.25) is 4.57 Å². The van der Waals surface area contributed by atoms with Crippen LogP contribution in [0.4, 0.5) is 0 Å². The number of aromatic amines is 1. The van der Waals surface area contributed by atoms with E-state index in [1.807, 2.05) is 13.1 Å². The highest BCUT2D eigenvalue weighted by atomic mass is 35.5. The normalized spacial score (nSPS) is 10.1. The van der Waals surface area contributed by atoms with Crippen molar-refractivity contribution in [1.82, 2.24) is 9.55 Å². The Morgan fingerprint density at radius 3 is 2.81 bits per heavy atom. The molecule has 0 saturated carbocycles. The van der Waals surface area contributed by atoms with Crippen molar-refractivity contribution in [2.75, 3.05) is 0 Å². The maximum absolute atomic E-state index is 8.84. The molecular formula is C11H8ClN3S. The number of nitrogens with one attached hydrogen (secondary N) is 1. The maximum atomic E-state index is 8.84. The monoisotopic (exact) mass is 249 g/mol. The van der Waals surface area contributed by atoms with Gasteiger partial charge < -0.3 is 4.98 Å². The molecule has 2 aromatic rings. The van der Waals surface area contributed by atoms with E-state index in [9.17, 15) is 0 Å². The van der Waals surface area contributed by atoms with Gasteiger partial charge in [-0.2, -0.15) is 5.26 Å². The first kappa shape index (κ1) is 10.9. The summed E-state index contributed by atoms with van der Waals surface area (Å²) < 4.78 is 2.32. The molecule has 0 unspecified atom stereocenters. The SMILES string of the molecule is Cc1cn(-c2cc(C#N)ccc2Cl)c(=S)[nH]1. The van der Waals surface area contributed by atoms with Crippen LogP contribution in [-0.4, -0.2) is 9.55 Å². The number of nitriles is 1. The Morgan fingerprint density at radius 2 is 2.25 bits per heavy atom. The molecule has 5 heteroatoms. The molecule has 0 aliphatic heterocycles. The van der Waals surface area contributed by atoms with Crippen LogP contribution in [0.2, 0.25) is 5.02 Å². The number of hydrogen-bond acceptors (Lipinski definition) is 2. The van der Waals surface area contributed by atoms with Crippen LogP contribution in [0.3, 0.4) is 0 Å². The van der Waals surface area contributed by atoms with Crippen LogP contribution in [0.15, 0.2) is 24.4 Å². The number of aryl methyl sites for hydroxylation is 1. The summed E-state index contributed by atoms with van der Waals surface area (Å²) in [6.07, 6.45) is 1.85. The summed E-state index contributed by atoms with van der Waals surface area (Å²) in [6, 6.07) is 7.16. The standard InChI is InChI=1S/C11H8ClN3S/c1-7-6-15(11(16)14-7)10-4-8(5-13)2-3-9(10)12/h2-4,6H,1H3,(H,14,16). The number of aromatic nitrogens is 2. The average molecular weight is 250 g/mol. The van der Waals surface area contributed by atoms with Crippen molar-refractivity contribution in [2.45, 2.75) is 6.92 Å². The molecule has 1 heterocycles. The fourth-order valence-electron chi connectivity index (χ4n) is 1.46.